The fourth-order valence-electron chi connectivity index (χ4n) is 4.25. The molecule has 6 rings (SSSR count). The van der Waals surface area contributed by atoms with Gasteiger partial charge in [-0.3, -0.25) is 9.78 Å². The number of aromatic nitrogens is 4. The zero-order chi connectivity index (χ0) is 22.9. The Balaban J connectivity index is 1.40. The second-order valence-corrected chi connectivity index (χ2v) is 8.17. The molecule has 0 atom stereocenters. The molecule has 8 heteroatoms. The van der Waals surface area contributed by atoms with Crippen LogP contribution < -0.4 is 15.8 Å². The molecule has 8 nitrogen and oxygen atoms in total. The number of rotatable bonds is 4. The lowest BCUT2D eigenvalue weighted by molar-refractivity contribution is 0.122. The van der Waals surface area contributed by atoms with Gasteiger partial charge in [-0.25, -0.2) is 9.97 Å². The van der Waals surface area contributed by atoms with Crippen LogP contribution in [0.4, 0.5) is 17.2 Å². The van der Waals surface area contributed by atoms with Crippen LogP contribution in [0.5, 0.6) is 0 Å². The summed E-state index contributed by atoms with van der Waals surface area (Å²) in [5.74, 6) is 0.453. The quantitative estimate of drug-likeness (QED) is 0.425. The number of hydrogen-bond acceptors (Lipinski definition) is 7. The molecule has 0 saturated carbocycles. The van der Waals surface area contributed by atoms with Crippen LogP contribution in [0, 0.1) is 0 Å². The van der Waals surface area contributed by atoms with Gasteiger partial charge in [0.1, 0.15) is 11.2 Å². The van der Waals surface area contributed by atoms with E-state index in [1.807, 2.05) is 48.5 Å². The van der Waals surface area contributed by atoms with Crippen LogP contribution in [-0.2, 0) is 4.74 Å². The Hall–Kier alpha value is -4.30. The maximum absolute atomic E-state index is 12.7. The van der Waals surface area contributed by atoms with E-state index in [4.69, 9.17) is 9.72 Å². The van der Waals surface area contributed by atoms with E-state index in [1.165, 1.54) is 6.33 Å². The first kappa shape index (κ1) is 20.3. The molecule has 0 spiro atoms. The Morgan fingerprint density at radius 3 is 2.62 bits per heavy atom. The molecule has 168 valence electrons. The molecule has 0 amide bonds. The fourth-order valence-corrected chi connectivity index (χ4v) is 4.25. The number of ether oxygens (including phenoxy) is 1. The first-order valence-electron chi connectivity index (χ1n) is 11.2. The SMILES string of the molecule is O=c1[nH]cnc2cc(-c3cnc4ccccc4c3)nc(Nc3ccc(N4CCOCC4)cc3)c12. The predicted molar refractivity (Wildman–Crippen MR) is 134 cm³/mol. The monoisotopic (exact) mass is 450 g/mol. The lowest BCUT2D eigenvalue weighted by Gasteiger charge is -2.28. The van der Waals surface area contributed by atoms with Gasteiger partial charge >= 0.3 is 0 Å². The average molecular weight is 451 g/mol. The highest BCUT2D eigenvalue weighted by molar-refractivity contribution is 5.93. The normalized spacial score (nSPS) is 13.9. The van der Waals surface area contributed by atoms with Gasteiger partial charge in [0.05, 0.1) is 36.3 Å². The molecule has 0 unspecified atom stereocenters. The summed E-state index contributed by atoms with van der Waals surface area (Å²) in [6.45, 7) is 3.23. The average Bonchev–Trinajstić information content (AvgIpc) is 2.89. The predicted octanol–water partition coefficient (Wildman–Crippen LogP) is 4.11. The van der Waals surface area contributed by atoms with E-state index in [0.29, 0.717) is 22.4 Å². The van der Waals surface area contributed by atoms with Crippen molar-refractivity contribution in [2.75, 3.05) is 36.5 Å². The van der Waals surface area contributed by atoms with Crippen LogP contribution >= 0.6 is 0 Å². The molecular formula is C26H22N6O2. The van der Waals surface area contributed by atoms with Gasteiger partial charge in [-0.2, -0.15) is 0 Å². The molecule has 4 heterocycles. The molecule has 3 aromatic heterocycles. The molecule has 34 heavy (non-hydrogen) atoms. The molecular weight excluding hydrogens is 428 g/mol. The number of hydrogen-bond donors (Lipinski definition) is 2. The Bertz CT molecular complexity index is 1540. The number of para-hydroxylation sites is 1. The fraction of sp³-hybridized carbons (Fsp3) is 0.154. The van der Waals surface area contributed by atoms with Gasteiger partial charge in [0, 0.05) is 41.6 Å². The smallest absolute Gasteiger partial charge is 0.262 e. The number of nitrogens with one attached hydrogen (secondary N) is 2. The van der Waals surface area contributed by atoms with E-state index in [1.54, 1.807) is 6.20 Å². The number of pyridine rings is 2. The number of H-pyrrole nitrogens is 1. The molecule has 0 bridgehead atoms. The molecule has 5 aromatic rings. The van der Waals surface area contributed by atoms with Gasteiger partial charge in [0.25, 0.3) is 5.56 Å². The highest BCUT2D eigenvalue weighted by Gasteiger charge is 2.14. The number of benzene rings is 2. The summed E-state index contributed by atoms with van der Waals surface area (Å²) in [4.78, 5) is 31.4. The maximum Gasteiger partial charge on any atom is 0.262 e. The van der Waals surface area contributed by atoms with Crippen LogP contribution in [0.3, 0.4) is 0 Å². The number of nitrogens with zero attached hydrogens (tertiary/aromatic N) is 4. The number of fused-ring (bicyclic) bond motifs is 2. The van der Waals surface area contributed by atoms with Crippen molar-refractivity contribution in [3.05, 3.63) is 83.5 Å². The second-order valence-electron chi connectivity index (χ2n) is 8.17. The minimum Gasteiger partial charge on any atom is -0.378 e. The van der Waals surface area contributed by atoms with Gasteiger partial charge in [-0.1, -0.05) is 18.2 Å². The Kier molecular flexibility index (Phi) is 5.12. The van der Waals surface area contributed by atoms with E-state index in [9.17, 15) is 4.79 Å². The third-order valence-corrected chi connectivity index (χ3v) is 6.02. The summed E-state index contributed by atoms with van der Waals surface area (Å²) in [7, 11) is 0. The molecule has 1 aliphatic heterocycles. The van der Waals surface area contributed by atoms with E-state index in [-0.39, 0.29) is 5.56 Å². The van der Waals surface area contributed by atoms with Crippen LogP contribution in [0.2, 0.25) is 0 Å². The van der Waals surface area contributed by atoms with Crippen molar-refractivity contribution in [3.8, 4) is 11.3 Å². The van der Waals surface area contributed by atoms with Crippen LogP contribution in [0.15, 0.2) is 78.0 Å². The van der Waals surface area contributed by atoms with Gasteiger partial charge in [0.15, 0.2) is 0 Å². The second kappa shape index (κ2) is 8.57. The van der Waals surface area contributed by atoms with Crippen LogP contribution in [0.25, 0.3) is 33.1 Å². The van der Waals surface area contributed by atoms with Gasteiger partial charge in [0.2, 0.25) is 0 Å². The van der Waals surface area contributed by atoms with E-state index >= 15 is 0 Å². The molecule has 0 aliphatic carbocycles. The summed E-state index contributed by atoms with van der Waals surface area (Å²) in [5, 5.41) is 4.77. The van der Waals surface area contributed by atoms with Crippen molar-refractivity contribution >= 4 is 39.0 Å². The van der Waals surface area contributed by atoms with Gasteiger partial charge in [-0.15, -0.1) is 0 Å². The minimum absolute atomic E-state index is 0.242. The summed E-state index contributed by atoms with van der Waals surface area (Å²) < 4.78 is 5.44. The zero-order valence-corrected chi connectivity index (χ0v) is 18.4. The number of morpholine rings is 1. The third kappa shape index (κ3) is 3.84. The lowest BCUT2D eigenvalue weighted by Crippen LogP contribution is -2.36. The van der Waals surface area contributed by atoms with Crippen molar-refractivity contribution < 1.29 is 4.74 Å². The van der Waals surface area contributed by atoms with E-state index in [0.717, 1.165) is 54.1 Å². The largest absolute Gasteiger partial charge is 0.378 e. The summed E-state index contributed by atoms with van der Waals surface area (Å²) in [6, 6.07) is 19.9. The Labute approximate surface area is 195 Å². The Morgan fingerprint density at radius 2 is 1.76 bits per heavy atom. The van der Waals surface area contributed by atoms with Crippen molar-refractivity contribution in [3.63, 3.8) is 0 Å². The summed E-state index contributed by atoms with van der Waals surface area (Å²) >= 11 is 0. The topological polar surface area (TPSA) is 96.0 Å². The zero-order valence-electron chi connectivity index (χ0n) is 18.4. The van der Waals surface area contributed by atoms with Gasteiger partial charge < -0.3 is 19.9 Å². The molecule has 2 aromatic carbocycles. The standard InChI is InChI=1S/C26H22N6O2/c33-26-24-23(28-16-29-26)14-22(18-13-17-3-1-2-4-21(17)27-15-18)31-25(24)30-19-5-7-20(8-6-19)32-9-11-34-12-10-32/h1-8,13-16H,9-12H2,(H,30,31)(H,28,29,33). The molecule has 2 N–H and O–H groups in total. The van der Waals surface area contributed by atoms with Crippen molar-refractivity contribution in [2.45, 2.75) is 0 Å². The maximum atomic E-state index is 12.7. The minimum atomic E-state index is -0.242. The van der Waals surface area contributed by atoms with E-state index < -0.39 is 0 Å². The van der Waals surface area contributed by atoms with Crippen LogP contribution in [-0.4, -0.2) is 46.2 Å². The molecule has 0 radical (unpaired) electrons. The molecule has 1 fully saturated rings. The van der Waals surface area contributed by atoms with Crippen molar-refractivity contribution in [1.29, 1.82) is 0 Å². The van der Waals surface area contributed by atoms with Crippen molar-refractivity contribution in [1.82, 2.24) is 19.9 Å². The molecule has 1 aliphatic rings. The summed E-state index contributed by atoms with van der Waals surface area (Å²) in [6.07, 6.45) is 3.21. The number of anilines is 3. The van der Waals surface area contributed by atoms with Crippen LogP contribution in [0.1, 0.15) is 0 Å². The number of aromatic amines is 1. The summed E-state index contributed by atoms with van der Waals surface area (Å²) in [5.41, 5.74) is 4.76. The van der Waals surface area contributed by atoms with Crippen molar-refractivity contribution in [2.24, 2.45) is 0 Å². The van der Waals surface area contributed by atoms with Gasteiger partial charge in [-0.05, 0) is 42.5 Å². The molecule has 1 saturated heterocycles. The first-order valence-corrected chi connectivity index (χ1v) is 11.2. The third-order valence-electron chi connectivity index (χ3n) is 6.02. The van der Waals surface area contributed by atoms with E-state index in [2.05, 4.69) is 37.3 Å². The first-order chi connectivity index (χ1) is 16.7. The Morgan fingerprint density at radius 1 is 0.941 bits per heavy atom. The lowest BCUT2D eigenvalue weighted by atomic mass is 10.1. The highest BCUT2D eigenvalue weighted by atomic mass is 16.5. The highest BCUT2D eigenvalue weighted by Crippen LogP contribution is 2.29.